The van der Waals surface area contributed by atoms with Gasteiger partial charge in [0.05, 0.1) is 16.8 Å². The van der Waals surface area contributed by atoms with Gasteiger partial charge < -0.3 is 25.8 Å². The summed E-state index contributed by atoms with van der Waals surface area (Å²) in [4.78, 5) is 17.3. The number of pyridine rings is 1. The van der Waals surface area contributed by atoms with E-state index < -0.39 is 7.32 Å². The Balaban J connectivity index is 1.97. The van der Waals surface area contributed by atoms with Gasteiger partial charge in [0.1, 0.15) is 5.75 Å². The van der Waals surface area contributed by atoms with Crippen LogP contribution >= 0.6 is 0 Å². The number of nitrogens with one attached hydrogen (secondary N) is 1. The van der Waals surface area contributed by atoms with E-state index in [2.05, 4.69) is 10.3 Å². The number of nitrogens with two attached hydrogens (primary N) is 1. The summed E-state index contributed by atoms with van der Waals surface area (Å²) in [5.41, 5.74) is 8.14. The highest BCUT2D eigenvalue weighted by Gasteiger charge is 2.14. The van der Waals surface area contributed by atoms with Crippen LogP contribution in [0.5, 0.6) is 5.75 Å². The van der Waals surface area contributed by atoms with Crippen LogP contribution < -0.4 is 15.7 Å². The van der Waals surface area contributed by atoms with Crippen LogP contribution in [-0.2, 0) is 0 Å². The monoisotopic (exact) mass is 365 g/mol. The van der Waals surface area contributed by atoms with E-state index in [9.17, 15) is 4.79 Å². The molecular weight excluding hydrogens is 345 g/mol. The Morgan fingerprint density at radius 2 is 1.89 bits per heavy atom. The van der Waals surface area contributed by atoms with E-state index >= 15 is 0 Å². The van der Waals surface area contributed by atoms with Crippen molar-refractivity contribution in [3.8, 4) is 17.0 Å². The van der Waals surface area contributed by atoms with Crippen molar-refractivity contribution in [3.63, 3.8) is 0 Å². The number of rotatable bonds is 7. The van der Waals surface area contributed by atoms with Gasteiger partial charge in [-0.15, -0.1) is 0 Å². The minimum absolute atomic E-state index is 0.174. The lowest BCUT2D eigenvalue weighted by Crippen LogP contribution is -2.26. The van der Waals surface area contributed by atoms with Crippen molar-refractivity contribution < 1.29 is 19.5 Å². The van der Waals surface area contributed by atoms with Crippen LogP contribution in [-0.4, -0.2) is 41.3 Å². The van der Waals surface area contributed by atoms with E-state index in [1.54, 1.807) is 30.3 Å². The van der Waals surface area contributed by atoms with E-state index in [-0.39, 0.29) is 5.91 Å². The molecule has 0 saturated carbocycles. The van der Waals surface area contributed by atoms with Gasteiger partial charge in [-0.2, -0.15) is 0 Å². The molecule has 1 amide bonds. The molecule has 0 aliphatic heterocycles. The molecule has 7 nitrogen and oxygen atoms in total. The second-order valence-corrected chi connectivity index (χ2v) is 5.94. The minimum Gasteiger partial charge on any atom is -0.512 e. The summed E-state index contributed by atoms with van der Waals surface area (Å²) in [5, 5.41) is 21.4. The van der Waals surface area contributed by atoms with Gasteiger partial charge in [0.2, 0.25) is 0 Å². The first-order valence-electron chi connectivity index (χ1n) is 8.60. The maximum atomic E-state index is 12.6. The number of nitrogens with zero attached hydrogens (tertiary/aromatic N) is 1. The number of aromatic nitrogens is 1. The number of carbonyl (C=O) groups excluding carboxylic acids is 1. The van der Waals surface area contributed by atoms with Crippen molar-refractivity contribution in [2.75, 3.05) is 13.1 Å². The van der Waals surface area contributed by atoms with Gasteiger partial charge in [0.15, 0.2) is 0 Å². The largest absolute Gasteiger partial charge is 0.707 e. The van der Waals surface area contributed by atoms with Gasteiger partial charge in [0, 0.05) is 17.5 Å². The molecule has 1 aromatic heterocycles. The summed E-state index contributed by atoms with van der Waals surface area (Å²) >= 11 is 0. The Kier molecular flexibility index (Phi) is 6.03. The molecule has 5 N–H and O–H groups in total. The zero-order valence-electron chi connectivity index (χ0n) is 14.6. The van der Waals surface area contributed by atoms with E-state index in [0.717, 1.165) is 10.9 Å². The third-order valence-electron chi connectivity index (χ3n) is 4.02. The van der Waals surface area contributed by atoms with Crippen molar-refractivity contribution in [2.24, 2.45) is 5.73 Å². The molecule has 0 atom stereocenters. The van der Waals surface area contributed by atoms with Crippen LogP contribution in [0.1, 0.15) is 16.8 Å². The Bertz CT molecular complexity index is 932. The van der Waals surface area contributed by atoms with Crippen molar-refractivity contribution in [1.29, 1.82) is 0 Å². The fourth-order valence-electron chi connectivity index (χ4n) is 2.74. The van der Waals surface area contributed by atoms with Crippen LogP contribution in [0.2, 0.25) is 0 Å². The first-order valence-corrected chi connectivity index (χ1v) is 8.60. The Hall–Kier alpha value is -2.94. The van der Waals surface area contributed by atoms with E-state index in [0.29, 0.717) is 42.0 Å². The van der Waals surface area contributed by atoms with Crippen molar-refractivity contribution in [3.05, 3.63) is 60.2 Å². The quantitative estimate of drug-likeness (QED) is 0.371. The molecule has 0 aliphatic carbocycles. The lowest BCUT2D eigenvalue weighted by atomic mass is 10.0. The highest BCUT2D eigenvalue weighted by atomic mass is 16.6. The zero-order chi connectivity index (χ0) is 19.2. The Morgan fingerprint density at radius 1 is 1.15 bits per heavy atom. The fraction of sp³-hybridized carbons (Fsp3) is 0.158. The second-order valence-electron chi connectivity index (χ2n) is 5.94. The molecule has 138 valence electrons. The van der Waals surface area contributed by atoms with Crippen molar-refractivity contribution >= 4 is 24.1 Å². The first-order chi connectivity index (χ1) is 13.1. The third-order valence-corrected chi connectivity index (χ3v) is 4.02. The number of carbonyl (C=O) groups is 1. The predicted octanol–water partition coefficient (Wildman–Crippen LogP) is 1.33. The van der Waals surface area contributed by atoms with Crippen LogP contribution in [0, 0.1) is 0 Å². The van der Waals surface area contributed by atoms with E-state index in [1.807, 2.05) is 24.3 Å². The molecule has 0 radical (unpaired) electrons. The maximum Gasteiger partial charge on any atom is 0.707 e. The summed E-state index contributed by atoms with van der Waals surface area (Å²) in [5.74, 6) is 0.140. The van der Waals surface area contributed by atoms with Gasteiger partial charge in [-0.3, -0.25) is 4.79 Å². The molecule has 8 heteroatoms. The number of para-hydroxylation sites is 1. The number of fused-ring (bicyclic) bond motifs is 1. The molecule has 0 fully saturated rings. The summed E-state index contributed by atoms with van der Waals surface area (Å²) in [6.07, 6.45) is 0.708. The lowest BCUT2D eigenvalue weighted by molar-refractivity contribution is 0.0955. The summed E-state index contributed by atoms with van der Waals surface area (Å²) in [6.45, 7) is 1.02. The topological polar surface area (TPSA) is 118 Å². The Labute approximate surface area is 157 Å². The summed E-state index contributed by atoms with van der Waals surface area (Å²) < 4.78 is 4.81. The van der Waals surface area contributed by atoms with Crippen LogP contribution in [0.4, 0.5) is 0 Å². The Morgan fingerprint density at radius 3 is 2.59 bits per heavy atom. The number of hydrogen-bond donors (Lipinski definition) is 4. The number of hydrogen-bond acceptors (Lipinski definition) is 6. The standard InChI is InChI=1S/C19H20BN3O4/c21-10-3-11-22-19(24)16-12-18(23-17-5-2-1-4-15(16)17)13-6-8-14(9-7-13)27-20(25)26/h1-2,4-9,12,25-26H,3,10-11,21H2,(H,22,24). The molecular formula is C19H20BN3O4. The SMILES string of the molecule is NCCCNC(=O)c1cc(-c2ccc(OB(O)O)cc2)nc2ccccc12. The molecule has 2 aromatic carbocycles. The smallest absolute Gasteiger partial charge is 0.512 e. The van der Waals surface area contributed by atoms with Crippen molar-refractivity contribution in [1.82, 2.24) is 10.3 Å². The van der Waals surface area contributed by atoms with Gasteiger partial charge in [-0.1, -0.05) is 18.2 Å². The first kappa shape index (κ1) is 18.8. The lowest BCUT2D eigenvalue weighted by Gasteiger charge is -2.11. The molecule has 0 bridgehead atoms. The molecule has 0 unspecified atom stereocenters. The molecule has 0 saturated heterocycles. The molecule has 3 aromatic rings. The van der Waals surface area contributed by atoms with Gasteiger partial charge in [0.25, 0.3) is 5.91 Å². The fourth-order valence-corrected chi connectivity index (χ4v) is 2.74. The molecule has 27 heavy (non-hydrogen) atoms. The molecule has 1 heterocycles. The zero-order valence-corrected chi connectivity index (χ0v) is 14.6. The predicted molar refractivity (Wildman–Crippen MR) is 104 cm³/mol. The highest BCUT2D eigenvalue weighted by molar-refractivity contribution is 6.33. The molecule has 0 aliphatic rings. The van der Waals surface area contributed by atoms with Gasteiger partial charge in [-0.25, -0.2) is 4.98 Å². The minimum atomic E-state index is -1.88. The average molecular weight is 365 g/mol. The van der Waals surface area contributed by atoms with E-state index in [4.69, 9.17) is 20.4 Å². The van der Waals surface area contributed by atoms with Crippen LogP contribution in [0.15, 0.2) is 54.6 Å². The molecule has 3 rings (SSSR count). The summed E-state index contributed by atoms with van der Waals surface area (Å²) in [7, 11) is -1.88. The molecule has 0 spiro atoms. The van der Waals surface area contributed by atoms with Crippen LogP contribution in [0.3, 0.4) is 0 Å². The van der Waals surface area contributed by atoms with Gasteiger partial charge >= 0.3 is 7.32 Å². The average Bonchev–Trinajstić information content (AvgIpc) is 2.67. The highest BCUT2D eigenvalue weighted by Crippen LogP contribution is 2.26. The van der Waals surface area contributed by atoms with Crippen molar-refractivity contribution in [2.45, 2.75) is 6.42 Å². The summed E-state index contributed by atoms with van der Waals surface area (Å²) in [6, 6.07) is 15.9. The number of benzene rings is 2. The van der Waals surface area contributed by atoms with Crippen LogP contribution in [0.25, 0.3) is 22.2 Å². The normalized spacial score (nSPS) is 10.6. The third kappa shape index (κ3) is 4.62. The van der Waals surface area contributed by atoms with E-state index in [1.165, 1.54) is 0 Å². The number of amides is 1. The maximum absolute atomic E-state index is 12.6. The second kappa shape index (κ2) is 8.63. The van der Waals surface area contributed by atoms with Gasteiger partial charge in [-0.05, 0) is 49.4 Å².